The minimum absolute atomic E-state index is 0.0737. The fourth-order valence-electron chi connectivity index (χ4n) is 1.92. The third kappa shape index (κ3) is 1.52. The lowest BCUT2D eigenvalue weighted by atomic mass is 10.1. The molecule has 2 aromatic rings. The van der Waals surface area contributed by atoms with Crippen LogP contribution >= 0.6 is 11.6 Å². The molecule has 1 aliphatic heterocycles. The van der Waals surface area contributed by atoms with Crippen molar-refractivity contribution in [1.29, 1.82) is 0 Å². The largest absolute Gasteiger partial charge is 0.441 e. The summed E-state index contributed by atoms with van der Waals surface area (Å²) in [7, 11) is 0. The second-order valence-electron chi connectivity index (χ2n) is 3.86. The Morgan fingerprint density at radius 3 is 3.06 bits per heavy atom. The van der Waals surface area contributed by atoms with Crippen LogP contribution in [0.4, 0.5) is 0 Å². The van der Waals surface area contributed by atoms with Crippen LogP contribution in [0, 0.1) is 0 Å². The van der Waals surface area contributed by atoms with Gasteiger partial charge in [-0.15, -0.1) is 5.10 Å². The van der Waals surface area contributed by atoms with Crippen LogP contribution in [0.2, 0.25) is 5.22 Å². The van der Waals surface area contributed by atoms with E-state index in [1.165, 1.54) is 0 Å². The summed E-state index contributed by atoms with van der Waals surface area (Å²) < 4.78 is 7.04. The molecule has 0 spiro atoms. The third-order valence-electron chi connectivity index (χ3n) is 2.71. The van der Waals surface area contributed by atoms with E-state index in [-0.39, 0.29) is 6.17 Å². The normalized spacial score (nSPS) is 19.8. The van der Waals surface area contributed by atoms with Crippen molar-refractivity contribution in [2.45, 2.75) is 25.4 Å². The van der Waals surface area contributed by atoms with Crippen LogP contribution in [0.5, 0.6) is 0 Å². The number of aromatic nitrogens is 3. The first-order chi connectivity index (χ1) is 7.74. The van der Waals surface area contributed by atoms with E-state index in [1.807, 2.05) is 0 Å². The summed E-state index contributed by atoms with van der Waals surface area (Å²) in [5.41, 5.74) is 5.95. The lowest BCUT2D eigenvalue weighted by Crippen LogP contribution is -2.25. The number of nitrogens with zero attached hydrogens (tertiary/aromatic N) is 3. The monoisotopic (exact) mass is 238 g/mol. The Labute approximate surface area is 97.2 Å². The number of nitrogens with two attached hydrogens (primary N) is 1. The summed E-state index contributed by atoms with van der Waals surface area (Å²) in [6, 6.07) is 3.44. The second kappa shape index (κ2) is 3.61. The van der Waals surface area contributed by atoms with Gasteiger partial charge in [0.1, 0.15) is 12.0 Å². The maximum atomic E-state index is 5.95. The average Bonchev–Trinajstić information content (AvgIpc) is 2.84. The van der Waals surface area contributed by atoms with E-state index >= 15 is 0 Å². The van der Waals surface area contributed by atoms with Crippen molar-refractivity contribution >= 4 is 11.6 Å². The van der Waals surface area contributed by atoms with Gasteiger partial charge in [-0.05, 0) is 36.6 Å². The Kier molecular flexibility index (Phi) is 2.22. The highest BCUT2D eigenvalue weighted by Gasteiger charge is 2.21. The molecule has 3 rings (SSSR count). The van der Waals surface area contributed by atoms with Crippen molar-refractivity contribution in [1.82, 2.24) is 14.8 Å². The Morgan fingerprint density at radius 2 is 2.38 bits per heavy atom. The van der Waals surface area contributed by atoms with Crippen molar-refractivity contribution in [2.75, 3.05) is 0 Å². The minimum atomic E-state index is -0.0737. The Bertz CT molecular complexity index is 519. The molecule has 1 aliphatic rings. The predicted octanol–water partition coefficient (Wildman–Crippen LogP) is 1.99. The van der Waals surface area contributed by atoms with Crippen molar-refractivity contribution < 1.29 is 4.42 Å². The van der Waals surface area contributed by atoms with Gasteiger partial charge in [-0.3, -0.25) is 0 Å². The van der Waals surface area contributed by atoms with Crippen molar-refractivity contribution in [3.63, 3.8) is 0 Å². The predicted molar refractivity (Wildman–Crippen MR) is 58.9 cm³/mol. The first-order valence-corrected chi connectivity index (χ1v) is 5.58. The standard InChI is InChI=1S/C10H11ClN4O/c11-7-5-4-6(16-7)10-13-9-3-1-2-8(12)15(9)14-10/h4-5,8H,1-3,12H2. The van der Waals surface area contributed by atoms with Gasteiger partial charge in [0, 0.05) is 6.42 Å². The summed E-state index contributed by atoms with van der Waals surface area (Å²) in [6.07, 6.45) is 2.83. The molecule has 0 amide bonds. The first kappa shape index (κ1) is 9.86. The summed E-state index contributed by atoms with van der Waals surface area (Å²) in [6.45, 7) is 0. The zero-order valence-electron chi connectivity index (χ0n) is 8.56. The average molecular weight is 239 g/mol. The van der Waals surface area contributed by atoms with E-state index in [4.69, 9.17) is 21.8 Å². The zero-order chi connectivity index (χ0) is 11.1. The SMILES string of the molecule is NC1CCCc2nc(-c3ccc(Cl)o3)nn21. The number of rotatable bonds is 1. The smallest absolute Gasteiger partial charge is 0.217 e. The van der Waals surface area contributed by atoms with Gasteiger partial charge in [-0.1, -0.05) is 0 Å². The molecule has 1 atom stereocenters. The van der Waals surface area contributed by atoms with Crippen molar-refractivity contribution in [3.8, 4) is 11.6 Å². The van der Waals surface area contributed by atoms with E-state index in [9.17, 15) is 0 Å². The molecule has 0 bridgehead atoms. The van der Waals surface area contributed by atoms with Crippen LogP contribution in [0.25, 0.3) is 11.6 Å². The molecule has 5 nitrogen and oxygen atoms in total. The Hall–Kier alpha value is -1.33. The molecule has 6 heteroatoms. The van der Waals surface area contributed by atoms with Crippen LogP contribution in [0.15, 0.2) is 16.5 Å². The summed E-state index contributed by atoms with van der Waals surface area (Å²) in [5.74, 6) is 2.06. The Morgan fingerprint density at radius 1 is 1.50 bits per heavy atom. The molecule has 0 aromatic carbocycles. The van der Waals surface area contributed by atoms with E-state index in [0.29, 0.717) is 16.8 Å². The molecule has 0 radical (unpaired) electrons. The van der Waals surface area contributed by atoms with Crippen molar-refractivity contribution in [2.24, 2.45) is 5.73 Å². The number of hydrogen-bond donors (Lipinski definition) is 1. The Balaban J connectivity index is 2.04. The third-order valence-corrected chi connectivity index (χ3v) is 2.91. The van der Waals surface area contributed by atoms with Crippen LogP contribution in [0.3, 0.4) is 0 Å². The molecule has 0 saturated carbocycles. The molecule has 84 valence electrons. The number of fused-ring (bicyclic) bond motifs is 1. The van der Waals surface area contributed by atoms with Gasteiger partial charge in [-0.2, -0.15) is 0 Å². The fourth-order valence-corrected chi connectivity index (χ4v) is 2.07. The zero-order valence-corrected chi connectivity index (χ0v) is 9.31. The topological polar surface area (TPSA) is 69.9 Å². The number of furan rings is 1. The molecule has 16 heavy (non-hydrogen) atoms. The number of hydrogen-bond acceptors (Lipinski definition) is 4. The maximum absolute atomic E-state index is 5.95. The van der Waals surface area contributed by atoms with Crippen LogP contribution in [-0.2, 0) is 6.42 Å². The highest BCUT2D eigenvalue weighted by molar-refractivity contribution is 6.28. The minimum Gasteiger partial charge on any atom is -0.441 e. The van der Waals surface area contributed by atoms with Gasteiger partial charge in [0.2, 0.25) is 5.82 Å². The van der Waals surface area contributed by atoms with Gasteiger partial charge in [0.05, 0.1) is 0 Å². The highest BCUT2D eigenvalue weighted by Crippen LogP contribution is 2.25. The fraction of sp³-hybridized carbons (Fsp3) is 0.400. The van der Waals surface area contributed by atoms with Crippen molar-refractivity contribution in [3.05, 3.63) is 23.2 Å². The quantitative estimate of drug-likeness (QED) is 0.825. The second-order valence-corrected chi connectivity index (χ2v) is 4.23. The molecule has 0 aliphatic carbocycles. The van der Waals surface area contributed by atoms with E-state index in [0.717, 1.165) is 25.1 Å². The summed E-state index contributed by atoms with van der Waals surface area (Å²) >= 11 is 5.71. The lowest BCUT2D eigenvalue weighted by Gasteiger charge is -2.18. The van der Waals surface area contributed by atoms with E-state index < -0.39 is 0 Å². The van der Waals surface area contributed by atoms with Gasteiger partial charge >= 0.3 is 0 Å². The highest BCUT2D eigenvalue weighted by atomic mass is 35.5. The van der Waals surface area contributed by atoms with Gasteiger partial charge in [0.15, 0.2) is 11.0 Å². The molecule has 1 unspecified atom stereocenters. The van der Waals surface area contributed by atoms with Gasteiger partial charge < -0.3 is 10.2 Å². The number of aryl methyl sites for hydroxylation is 1. The lowest BCUT2D eigenvalue weighted by molar-refractivity contribution is 0.372. The molecule has 3 heterocycles. The number of halogens is 1. The summed E-state index contributed by atoms with van der Waals surface area (Å²) in [5, 5.41) is 4.68. The van der Waals surface area contributed by atoms with E-state index in [2.05, 4.69) is 10.1 Å². The van der Waals surface area contributed by atoms with Gasteiger partial charge in [-0.25, -0.2) is 9.67 Å². The molecule has 0 saturated heterocycles. The maximum Gasteiger partial charge on any atom is 0.217 e. The van der Waals surface area contributed by atoms with Crippen LogP contribution in [0.1, 0.15) is 24.8 Å². The van der Waals surface area contributed by atoms with Crippen LogP contribution < -0.4 is 5.73 Å². The van der Waals surface area contributed by atoms with Gasteiger partial charge in [0.25, 0.3) is 0 Å². The molecule has 2 aromatic heterocycles. The summed E-state index contributed by atoms with van der Waals surface area (Å²) in [4.78, 5) is 4.40. The van der Waals surface area contributed by atoms with Crippen LogP contribution in [-0.4, -0.2) is 14.8 Å². The molecular formula is C10H11ClN4O. The molecular weight excluding hydrogens is 228 g/mol. The molecule has 0 fully saturated rings. The molecule has 2 N–H and O–H groups in total. The first-order valence-electron chi connectivity index (χ1n) is 5.21. The van der Waals surface area contributed by atoms with E-state index in [1.54, 1.807) is 16.8 Å².